The number of benzene rings is 1. The molecular formula is C27H30N2O9. The van der Waals surface area contributed by atoms with Crippen molar-refractivity contribution in [2.24, 2.45) is 0 Å². The molecule has 5 atom stereocenters. The molecule has 4 heterocycles. The van der Waals surface area contributed by atoms with E-state index >= 15 is 0 Å². The van der Waals surface area contributed by atoms with Gasteiger partial charge in [0.25, 0.3) is 0 Å². The van der Waals surface area contributed by atoms with E-state index in [1.54, 1.807) is 13.8 Å². The van der Waals surface area contributed by atoms with E-state index < -0.39 is 36.4 Å². The number of aliphatic hydroxyl groups excluding tert-OH is 2. The van der Waals surface area contributed by atoms with Crippen molar-refractivity contribution in [1.29, 1.82) is 0 Å². The van der Waals surface area contributed by atoms with Crippen LogP contribution < -0.4 is 14.2 Å². The lowest BCUT2D eigenvalue weighted by Gasteiger charge is -2.60. The Morgan fingerprint density at radius 3 is 2.47 bits per heavy atom. The van der Waals surface area contributed by atoms with Gasteiger partial charge in [-0.25, -0.2) is 0 Å². The third-order valence-electron chi connectivity index (χ3n) is 8.67. The highest BCUT2D eigenvalue weighted by molar-refractivity contribution is 6.25. The molecule has 2 N–H and O–H groups in total. The highest BCUT2D eigenvalue weighted by atomic mass is 16.7. The Balaban J connectivity index is 1.57. The summed E-state index contributed by atoms with van der Waals surface area (Å²) in [6.07, 6.45) is -0.623. The molecule has 0 spiro atoms. The molecule has 2 bridgehead atoms. The summed E-state index contributed by atoms with van der Waals surface area (Å²) in [6.45, 7) is 4.26. The van der Waals surface area contributed by atoms with Gasteiger partial charge in [0.05, 0.1) is 31.8 Å². The summed E-state index contributed by atoms with van der Waals surface area (Å²) in [5.41, 5.74) is 2.83. The topological polar surface area (TPSA) is 135 Å². The summed E-state index contributed by atoms with van der Waals surface area (Å²) < 4.78 is 22.6. The molecule has 1 saturated heterocycles. The number of hydrogen-bond acceptors (Lipinski definition) is 11. The predicted octanol–water partition coefficient (Wildman–Crippen LogP) is 0.683. The average molecular weight is 527 g/mol. The number of Topliss-reactive ketones (excluding diaryl/α,β-unsaturated/α-hetero) is 2. The zero-order valence-corrected chi connectivity index (χ0v) is 21.9. The molecule has 5 aliphatic rings. The molecule has 202 valence electrons. The highest BCUT2D eigenvalue weighted by Gasteiger charge is 2.58. The molecule has 0 saturated carbocycles. The Hall–Kier alpha value is -3.25. The number of allylic oxidation sites excluding steroid dienone is 2. The van der Waals surface area contributed by atoms with Crippen LogP contribution in [0.5, 0.6) is 17.2 Å². The third kappa shape index (κ3) is 3.13. The first-order valence-electron chi connectivity index (χ1n) is 12.6. The normalized spacial score (nSPS) is 30.2. The van der Waals surface area contributed by atoms with Crippen molar-refractivity contribution in [2.45, 2.75) is 64.0 Å². The monoisotopic (exact) mass is 526 g/mol. The number of ether oxygens (including phenoxy) is 4. The van der Waals surface area contributed by atoms with Crippen LogP contribution in [-0.4, -0.2) is 89.5 Å². The molecular weight excluding hydrogens is 496 g/mol. The second-order valence-corrected chi connectivity index (χ2v) is 10.4. The van der Waals surface area contributed by atoms with E-state index in [4.69, 9.17) is 18.9 Å². The molecule has 11 nitrogen and oxygen atoms in total. The summed E-state index contributed by atoms with van der Waals surface area (Å²) >= 11 is 0. The van der Waals surface area contributed by atoms with E-state index in [9.17, 15) is 24.6 Å². The number of hydrogen-bond donors (Lipinski definition) is 2. The van der Waals surface area contributed by atoms with Gasteiger partial charge < -0.3 is 29.2 Å². The van der Waals surface area contributed by atoms with E-state index in [1.165, 1.54) is 14.0 Å². The fourth-order valence-electron chi connectivity index (χ4n) is 7.10. The summed E-state index contributed by atoms with van der Waals surface area (Å²) in [4.78, 5) is 42.9. The molecule has 0 aromatic heterocycles. The highest BCUT2D eigenvalue weighted by Crippen LogP contribution is 2.55. The zero-order chi connectivity index (χ0) is 27.2. The molecule has 11 heteroatoms. The number of carbonyl (C=O) groups excluding carboxylic acids is 3. The Bertz CT molecular complexity index is 1360. The second kappa shape index (κ2) is 8.63. The van der Waals surface area contributed by atoms with Gasteiger partial charge in [-0.1, -0.05) is 0 Å². The van der Waals surface area contributed by atoms with Crippen LogP contribution in [0.4, 0.5) is 0 Å². The number of piperazine rings is 1. The molecule has 1 aromatic rings. The van der Waals surface area contributed by atoms with Crippen molar-refractivity contribution in [1.82, 2.24) is 9.80 Å². The van der Waals surface area contributed by atoms with Crippen LogP contribution in [0.1, 0.15) is 43.0 Å². The lowest BCUT2D eigenvalue weighted by atomic mass is 9.70. The fourth-order valence-corrected chi connectivity index (χ4v) is 7.10. The minimum atomic E-state index is -1.06. The summed E-state index contributed by atoms with van der Waals surface area (Å²) in [5, 5.41) is 22.4. The lowest BCUT2D eigenvalue weighted by molar-refractivity contribution is -0.171. The van der Waals surface area contributed by atoms with E-state index in [0.717, 1.165) is 0 Å². The van der Waals surface area contributed by atoms with Gasteiger partial charge in [-0.05, 0) is 33.7 Å². The SMILES string of the molecule is COC1=C(C)C(=O)C2=C(C1=O)C1[C@@H]3Cc4c(OC(C)=O)c(C)c5c(c4[C@H](CO)N3[C@@H](O)C(C2)N1C)OCO5. The van der Waals surface area contributed by atoms with Gasteiger partial charge in [0.2, 0.25) is 12.6 Å². The zero-order valence-electron chi connectivity index (χ0n) is 21.9. The average Bonchev–Trinajstić information content (AvgIpc) is 3.37. The maximum atomic E-state index is 13.7. The van der Waals surface area contributed by atoms with Crippen LogP contribution in [0, 0.1) is 6.92 Å². The smallest absolute Gasteiger partial charge is 0.308 e. The maximum absolute atomic E-state index is 13.7. The van der Waals surface area contributed by atoms with E-state index in [-0.39, 0.29) is 49.1 Å². The molecule has 1 aromatic carbocycles. The molecule has 1 fully saturated rings. The van der Waals surface area contributed by atoms with Crippen LogP contribution in [0.25, 0.3) is 0 Å². The number of ketones is 2. The van der Waals surface area contributed by atoms with Crippen LogP contribution in [0.2, 0.25) is 0 Å². The van der Waals surface area contributed by atoms with Crippen molar-refractivity contribution >= 4 is 17.5 Å². The lowest BCUT2D eigenvalue weighted by Crippen LogP contribution is -2.72. The van der Waals surface area contributed by atoms with E-state index in [0.29, 0.717) is 45.1 Å². The van der Waals surface area contributed by atoms with Gasteiger partial charge in [0.1, 0.15) is 12.0 Å². The predicted molar refractivity (Wildman–Crippen MR) is 130 cm³/mol. The van der Waals surface area contributed by atoms with Crippen molar-refractivity contribution < 1.29 is 43.5 Å². The first-order chi connectivity index (χ1) is 18.1. The largest absolute Gasteiger partial charge is 0.492 e. The van der Waals surface area contributed by atoms with Gasteiger partial charge in [-0.2, -0.15) is 0 Å². The van der Waals surface area contributed by atoms with Crippen LogP contribution in [0.15, 0.2) is 22.5 Å². The summed E-state index contributed by atoms with van der Waals surface area (Å²) in [7, 11) is 3.20. The number of methoxy groups -OCH3 is 1. The first kappa shape index (κ1) is 25.1. The summed E-state index contributed by atoms with van der Waals surface area (Å²) in [5.74, 6) is 0.107. The number of aliphatic hydroxyl groups is 2. The van der Waals surface area contributed by atoms with E-state index in [1.807, 2.05) is 16.8 Å². The van der Waals surface area contributed by atoms with Crippen LogP contribution >= 0.6 is 0 Å². The number of carbonyl (C=O) groups is 3. The second-order valence-electron chi connectivity index (χ2n) is 10.4. The summed E-state index contributed by atoms with van der Waals surface area (Å²) in [6, 6.07) is -2.36. The van der Waals surface area contributed by atoms with Gasteiger partial charge in [0.15, 0.2) is 23.0 Å². The number of fused-ring (bicyclic) bond motifs is 8. The Morgan fingerprint density at radius 2 is 1.82 bits per heavy atom. The Labute approximate surface area is 219 Å². The maximum Gasteiger partial charge on any atom is 0.308 e. The van der Waals surface area contributed by atoms with Crippen molar-refractivity contribution in [3.8, 4) is 17.2 Å². The molecule has 0 amide bonds. The molecule has 2 unspecified atom stereocenters. The Morgan fingerprint density at radius 1 is 1.11 bits per heavy atom. The van der Waals surface area contributed by atoms with Crippen molar-refractivity contribution in [3.05, 3.63) is 39.2 Å². The minimum Gasteiger partial charge on any atom is -0.492 e. The van der Waals surface area contributed by atoms with Gasteiger partial charge in [-0.15, -0.1) is 0 Å². The standard InChI is InChI=1S/C27H30N2O9/c1-10-21(32)13-6-16-27(34)29-15(20(28(16)4)19(13)22(33)24(10)35-5)7-14-18(17(29)8-30)26-25(36-9-37-26)11(2)23(14)38-12(3)31/h15-17,20,27,30,34H,6-9H2,1-5H3/t15-,16?,17-,20?,27-/m0/s1. The molecule has 0 radical (unpaired) electrons. The molecule has 38 heavy (non-hydrogen) atoms. The molecule has 1 aliphatic carbocycles. The van der Waals surface area contributed by atoms with Gasteiger partial charge >= 0.3 is 5.97 Å². The van der Waals surface area contributed by atoms with Crippen molar-refractivity contribution in [3.63, 3.8) is 0 Å². The number of likely N-dealkylation sites (N-methyl/N-ethyl adjacent to an activating group) is 1. The van der Waals surface area contributed by atoms with Gasteiger partial charge in [0, 0.05) is 46.4 Å². The van der Waals surface area contributed by atoms with Crippen LogP contribution in [-0.2, 0) is 25.5 Å². The quantitative estimate of drug-likeness (QED) is 0.327. The number of rotatable bonds is 3. The fraction of sp³-hybridized carbons (Fsp3) is 0.519. The first-order valence-corrected chi connectivity index (χ1v) is 12.6. The third-order valence-corrected chi connectivity index (χ3v) is 8.67. The van der Waals surface area contributed by atoms with E-state index in [2.05, 4.69) is 0 Å². The number of esters is 1. The van der Waals surface area contributed by atoms with Gasteiger partial charge in [-0.3, -0.25) is 24.2 Å². The Kier molecular flexibility index (Phi) is 5.69. The van der Waals surface area contributed by atoms with Crippen molar-refractivity contribution in [2.75, 3.05) is 27.6 Å². The number of nitrogens with zero attached hydrogens (tertiary/aromatic N) is 2. The molecule has 6 rings (SSSR count). The molecule has 4 aliphatic heterocycles. The van der Waals surface area contributed by atoms with Crippen LogP contribution in [0.3, 0.4) is 0 Å². The minimum absolute atomic E-state index is 0.0213.